The molecule has 0 saturated carbocycles. The molecule has 1 aromatic heterocycles. The van der Waals surface area contributed by atoms with E-state index in [9.17, 15) is 0 Å². The van der Waals surface area contributed by atoms with Crippen molar-refractivity contribution in [3.05, 3.63) is 11.7 Å². The molecular formula is C15H29N3OS. The smallest absolute Gasteiger partial charge is 0.228 e. The summed E-state index contributed by atoms with van der Waals surface area (Å²) in [5.74, 6) is 3.08. The van der Waals surface area contributed by atoms with E-state index in [0.29, 0.717) is 17.2 Å². The fourth-order valence-corrected chi connectivity index (χ4v) is 2.64. The van der Waals surface area contributed by atoms with Crippen LogP contribution in [0, 0.1) is 5.92 Å². The molecule has 1 unspecified atom stereocenters. The van der Waals surface area contributed by atoms with Gasteiger partial charge in [-0.15, -0.1) is 0 Å². The van der Waals surface area contributed by atoms with E-state index in [4.69, 9.17) is 4.52 Å². The number of hydrogen-bond acceptors (Lipinski definition) is 5. The summed E-state index contributed by atoms with van der Waals surface area (Å²) in [5, 5.41) is 8.24. The van der Waals surface area contributed by atoms with E-state index in [-0.39, 0.29) is 0 Å². The van der Waals surface area contributed by atoms with E-state index in [1.807, 2.05) is 11.8 Å². The standard InChI is InChI=1S/C15H29N3OS/c1-6-7-16-13(8-11(2)3)9-15-17-14(18-19-15)10-20-12(4)5/h11-13,16H,6-10H2,1-5H3. The first-order chi connectivity index (χ1) is 9.51. The maximum absolute atomic E-state index is 5.37. The maximum Gasteiger partial charge on any atom is 0.228 e. The third kappa shape index (κ3) is 7.29. The molecule has 0 fully saturated rings. The second kappa shape index (κ2) is 9.40. The van der Waals surface area contributed by atoms with Crippen LogP contribution in [0.15, 0.2) is 4.52 Å². The van der Waals surface area contributed by atoms with Gasteiger partial charge in [-0.05, 0) is 30.6 Å². The van der Waals surface area contributed by atoms with Crippen molar-refractivity contribution in [2.24, 2.45) is 5.92 Å². The van der Waals surface area contributed by atoms with E-state index in [1.165, 1.54) is 0 Å². The van der Waals surface area contributed by atoms with E-state index in [0.717, 1.165) is 43.3 Å². The van der Waals surface area contributed by atoms with Gasteiger partial charge >= 0.3 is 0 Å². The molecule has 0 aliphatic carbocycles. The lowest BCUT2D eigenvalue weighted by Crippen LogP contribution is -2.33. The summed E-state index contributed by atoms with van der Waals surface area (Å²) < 4.78 is 5.37. The Kier molecular flexibility index (Phi) is 8.22. The number of thioether (sulfide) groups is 1. The summed E-state index contributed by atoms with van der Waals surface area (Å²) in [6.07, 6.45) is 3.12. The second-order valence-corrected chi connectivity index (χ2v) is 7.51. The van der Waals surface area contributed by atoms with Crippen LogP contribution in [0.2, 0.25) is 0 Å². The Bertz CT molecular complexity index is 366. The number of nitrogens with one attached hydrogen (secondary N) is 1. The minimum atomic E-state index is 0.431. The van der Waals surface area contributed by atoms with Crippen LogP contribution in [-0.2, 0) is 12.2 Å². The summed E-state index contributed by atoms with van der Waals surface area (Å²) in [4.78, 5) is 4.50. The highest BCUT2D eigenvalue weighted by Crippen LogP contribution is 2.16. The maximum atomic E-state index is 5.37. The Labute approximate surface area is 127 Å². The molecule has 0 aliphatic heterocycles. The Morgan fingerprint density at radius 3 is 2.60 bits per heavy atom. The third-order valence-corrected chi connectivity index (χ3v) is 4.01. The Morgan fingerprint density at radius 2 is 2.00 bits per heavy atom. The summed E-state index contributed by atoms with van der Waals surface area (Å²) in [7, 11) is 0. The summed E-state index contributed by atoms with van der Waals surface area (Å²) in [6.45, 7) is 12.1. The van der Waals surface area contributed by atoms with Crippen LogP contribution in [0.1, 0.15) is 59.2 Å². The van der Waals surface area contributed by atoms with Crippen molar-refractivity contribution in [3.63, 3.8) is 0 Å². The van der Waals surface area contributed by atoms with Crippen LogP contribution < -0.4 is 5.32 Å². The third-order valence-electron chi connectivity index (χ3n) is 2.92. The fourth-order valence-electron chi connectivity index (χ4n) is 2.04. The van der Waals surface area contributed by atoms with Crippen LogP contribution in [0.5, 0.6) is 0 Å². The normalized spacial score (nSPS) is 13.3. The minimum absolute atomic E-state index is 0.431. The first-order valence-electron chi connectivity index (χ1n) is 7.67. The van der Waals surface area contributed by atoms with Gasteiger partial charge in [-0.3, -0.25) is 0 Å². The minimum Gasteiger partial charge on any atom is -0.339 e. The molecule has 1 heterocycles. The number of hydrogen-bond donors (Lipinski definition) is 1. The highest BCUT2D eigenvalue weighted by molar-refractivity contribution is 7.99. The van der Waals surface area contributed by atoms with Crippen molar-refractivity contribution < 1.29 is 4.52 Å². The van der Waals surface area contributed by atoms with Crippen molar-refractivity contribution >= 4 is 11.8 Å². The average molecular weight is 299 g/mol. The van der Waals surface area contributed by atoms with Crippen LogP contribution >= 0.6 is 11.8 Å². The van der Waals surface area contributed by atoms with Crippen LogP contribution in [0.4, 0.5) is 0 Å². The highest BCUT2D eigenvalue weighted by atomic mass is 32.2. The lowest BCUT2D eigenvalue weighted by Gasteiger charge is -2.18. The molecule has 1 rings (SSSR count). The summed E-state index contributed by atoms with van der Waals surface area (Å²) in [6, 6.07) is 0.431. The molecule has 0 radical (unpaired) electrons. The van der Waals surface area contributed by atoms with Crippen molar-refractivity contribution in [2.45, 2.75) is 70.9 Å². The van der Waals surface area contributed by atoms with E-state index < -0.39 is 0 Å². The van der Waals surface area contributed by atoms with Crippen molar-refractivity contribution in [1.29, 1.82) is 0 Å². The molecule has 0 amide bonds. The second-order valence-electron chi connectivity index (χ2n) is 5.95. The zero-order valence-corrected chi connectivity index (χ0v) is 14.3. The van der Waals surface area contributed by atoms with Gasteiger partial charge in [0.2, 0.25) is 5.89 Å². The van der Waals surface area contributed by atoms with Gasteiger partial charge in [0.05, 0.1) is 5.75 Å². The molecule has 0 bridgehead atoms. The number of aromatic nitrogens is 2. The molecule has 0 spiro atoms. The molecule has 1 aromatic rings. The molecule has 0 aliphatic rings. The Morgan fingerprint density at radius 1 is 1.25 bits per heavy atom. The summed E-state index contributed by atoms with van der Waals surface area (Å²) in [5.41, 5.74) is 0. The van der Waals surface area contributed by atoms with E-state index in [2.05, 4.69) is 50.1 Å². The highest BCUT2D eigenvalue weighted by Gasteiger charge is 2.15. The predicted octanol–water partition coefficient (Wildman–Crippen LogP) is 3.67. The fraction of sp³-hybridized carbons (Fsp3) is 0.867. The van der Waals surface area contributed by atoms with Crippen molar-refractivity contribution in [1.82, 2.24) is 15.5 Å². The largest absolute Gasteiger partial charge is 0.339 e. The predicted molar refractivity (Wildman–Crippen MR) is 86.0 cm³/mol. The van der Waals surface area contributed by atoms with Gasteiger partial charge in [0, 0.05) is 12.5 Å². The van der Waals surface area contributed by atoms with Crippen LogP contribution in [-0.4, -0.2) is 28.0 Å². The first-order valence-corrected chi connectivity index (χ1v) is 8.72. The zero-order valence-electron chi connectivity index (χ0n) is 13.5. The quantitative estimate of drug-likeness (QED) is 0.714. The van der Waals surface area contributed by atoms with Crippen molar-refractivity contribution in [3.8, 4) is 0 Å². The lowest BCUT2D eigenvalue weighted by atomic mass is 10.0. The molecular weight excluding hydrogens is 270 g/mol. The van der Waals surface area contributed by atoms with Crippen LogP contribution in [0.25, 0.3) is 0 Å². The molecule has 20 heavy (non-hydrogen) atoms. The number of nitrogens with zero attached hydrogens (tertiary/aromatic N) is 2. The molecule has 1 N–H and O–H groups in total. The Balaban J connectivity index is 2.50. The van der Waals surface area contributed by atoms with E-state index >= 15 is 0 Å². The Hall–Kier alpha value is -0.550. The van der Waals surface area contributed by atoms with Crippen molar-refractivity contribution in [2.75, 3.05) is 6.54 Å². The SMILES string of the molecule is CCCNC(Cc1nc(CSC(C)C)no1)CC(C)C. The van der Waals surface area contributed by atoms with Gasteiger partial charge in [0.25, 0.3) is 0 Å². The first kappa shape index (κ1) is 17.5. The van der Waals surface area contributed by atoms with Gasteiger partial charge in [0.15, 0.2) is 5.82 Å². The van der Waals surface area contributed by atoms with Gasteiger partial charge in [-0.2, -0.15) is 16.7 Å². The zero-order chi connectivity index (χ0) is 15.0. The van der Waals surface area contributed by atoms with Gasteiger partial charge < -0.3 is 9.84 Å². The molecule has 0 saturated heterocycles. The topological polar surface area (TPSA) is 51.0 Å². The number of rotatable bonds is 10. The molecule has 5 heteroatoms. The molecule has 1 atom stereocenters. The molecule has 0 aromatic carbocycles. The molecule has 116 valence electrons. The van der Waals surface area contributed by atoms with E-state index in [1.54, 1.807) is 0 Å². The molecule has 4 nitrogen and oxygen atoms in total. The van der Waals surface area contributed by atoms with Gasteiger partial charge in [0.1, 0.15) is 0 Å². The summed E-state index contributed by atoms with van der Waals surface area (Å²) >= 11 is 1.84. The monoisotopic (exact) mass is 299 g/mol. The average Bonchev–Trinajstić information content (AvgIpc) is 2.80. The van der Waals surface area contributed by atoms with Crippen LogP contribution in [0.3, 0.4) is 0 Å². The van der Waals surface area contributed by atoms with Gasteiger partial charge in [-0.25, -0.2) is 0 Å². The lowest BCUT2D eigenvalue weighted by molar-refractivity contribution is 0.336. The van der Waals surface area contributed by atoms with Gasteiger partial charge in [-0.1, -0.05) is 39.8 Å².